The average molecular weight is 531 g/mol. The predicted molar refractivity (Wildman–Crippen MR) is 131 cm³/mol. The topological polar surface area (TPSA) is 129 Å². The molecular weight excluding hydrogens is 507 g/mol. The summed E-state index contributed by atoms with van der Waals surface area (Å²) in [5, 5.41) is 22.2. The normalized spacial score (nSPS) is 15.0. The number of anilines is 1. The van der Waals surface area contributed by atoms with E-state index in [9.17, 15) is 32.9 Å². The number of halogens is 3. The second-order valence-corrected chi connectivity index (χ2v) is 8.48. The maximum absolute atomic E-state index is 13.2. The molecule has 3 rings (SSSR count). The lowest BCUT2D eigenvalue weighted by Gasteiger charge is -2.34. The van der Waals surface area contributed by atoms with Crippen LogP contribution in [0.4, 0.5) is 24.5 Å². The van der Waals surface area contributed by atoms with Gasteiger partial charge in [0.15, 0.2) is 0 Å². The fourth-order valence-electron chi connectivity index (χ4n) is 3.91. The number of nitrogens with zero attached hydrogens (tertiary/aromatic N) is 4. The van der Waals surface area contributed by atoms with Gasteiger partial charge in [0, 0.05) is 44.5 Å². The first-order valence-corrected chi connectivity index (χ1v) is 11.4. The van der Waals surface area contributed by atoms with Crippen molar-refractivity contribution in [2.45, 2.75) is 6.18 Å². The molecule has 200 valence electrons. The number of carbonyl (C=O) groups is 2. The van der Waals surface area contributed by atoms with Crippen LogP contribution in [0.25, 0.3) is 6.08 Å². The maximum atomic E-state index is 13.2. The largest absolute Gasteiger partial charge is 0.466 e. The quantitative estimate of drug-likeness (QED) is 0.238. The highest BCUT2D eigenvalue weighted by Crippen LogP contribution is 2.37. The van der Waals surface area contributed by atoms with Crippen molar-refractivity contribution in [2.24, 2.45) is 0 Å². The summed E-state index contributed by atoms with van der Waals surface area (Å²) in [4.78, 5) is 38.3. The number of rotatable bonds is 8. The van der Waals surface area contributed by atoms with Crippen molar-refractivity contribution in [3.63, 3.8) is 0 Å². The zero-order valence-corrected chi connectivity index (χ0v) is 20.3. The number of esters is 1. The zero-order valence-electron chi connectivity index (χ0n) is 20.3. The summed E-state index contributed by atoms with van der Waals surface area (Å²) >= 11 is 0. The Morgan fingerprint density at radius 2 is 1.71 bits per heavy atom. The van der Waals surface area contributed by atoms with Crippen molar-refractivity contribution in [3.05, 3.63) is 74.8 Å². The number of hydrogen-bond donors (Lipinski definition) is 1. The smallest absolute Gasteiger partial charge is 0.423 e. The van der Waals surface area contributed by atoms with Crippen LogP contribution in [0.1, 0.15) is 16.7 Å². The molecule has 38 heavy (non-hydrogen) atoms. The van der Waals surface area contributed by atoms with Gasteiger partial charge in [0.25, 0.3) is 5.69 Å². The number of nitro groups is 1. The highest BCUT2D eigenvalue weighted by Gasteiger charge is 2.38. The van der Waals surface area contributed by atoms with E-state index in [2.05, 4.69) is 5.32 Å². The molecule has 10 nitrogen and oxygen atoms in total. The van der Waals surface area contributed by atoms with Gasteiger partial charge in [-0.15, -0.1) is 0 Å². The average Bonchev–Trinajstić information content (AvgIpc) is 2.88. The van der Waals surface area contributed by atoms with Crippen LogP contribution in [-0.2, 0) is 20.5 Å². The summed E-state index contributed by atoms with van der Waals surface area (Å²) in [6.45, 7) is 2.18. The van der Waals surface area contributed by atoms with Crippen molar-refractivity contribution < 1.29 is 32.4 Å². The predicted octanol–water partition coefficient (Wildman–Crippen LogP) is 3.30. The number of methoxy groups -OCH3 is 1. The second-order valence-electron chi connectivity index (χ2n) is 8.48. The van der Waals surface area contributed by atoms with Crippen LogP contribution in [0.15, 0.2) is 48.0 Å². The lowest BCUT2D eigenvalue weighted by Crippen LogP contribution is -2.49. The van der Waals surface area contributed by atoms with Gasteiger partial charge in [-0.25, -0.2) is 4.79 Å². The second kappa shape index (κ2) is 12.3. The monoisotopic (exact) mass is 531 g/mol. The number of nitriles is 1. The first-order valence-electron chi connectivity index (χ1n) is 11.4. The Bertz CT molecular complexity index is 1260. The van der Waals surface area contributed by atoms with Crippen molar-refractivity contribution in [1.82, 2.24) is 9.80 Å². The van der Waals surface area contributed by atoms with Gasteiger partial charge in [-0.05, 0) is 35.9 Å². The summed E-state index contributed by atoms with van der Waals surface area (Å²) < 4.78 is 44.4. The summed E-state index contributed by atoms with van der Waals surface area (Å²) in [7, 11) is 1.29. The standard InChI is InChI=1S/C25H24F3N5O5/c1-38-24(35)19(12-17-2-4-18(14-29)5-3-17)15-31-8-10-32(11-9-31)16-23(34)30-20-6-7-22(33(36)37)21(13-20)25(26,27)28/h2-7,12-13H,8-11,15-16H2,1H3,(H,30,34)/b19-12+. The zero-order chi connectivity index (χ0) is 27.9. The first kappa shape index (κ1) is 28.3. The number of amides is 1. The number of nitrogens with one attached hydrogen (secondary N) is 1. The van der Waals surface area contributed by atoms with Crippen LogP contribution in [0.3, 0.4) is 0 Å². The lowest BCUT2D eigenvalue weighted by molar-refractivity contribution is -0.388. The van der Waals surface area contributed by atoms with E-state index in [4.69, 9.17) is 10.00 Å². The van der Waals surface area contributed by atoms with Gasteiger partial charge in [0.2, 0.25) is 5.91 Å². The van der Waals surface area contributed by atoms with Gasteiger partial charge in [0.05, 0.1) is 35.8 Å². The molecule has 1 amide bonds. The lowest BCUT2D eigenvalue weighted by atomic mass is 10.1. The number of carbonyl (C=O) groups excluding carboxylic acids is 2. The number of nitro benzene ring substituents is 1. The summed E-state index contributed by atoms with van der Waals surface area (Å²) in [6, 6.07) is 11.1. The van der Waals surface area contributed by atoms with E-state index in [1.807, 2.05) is 15.9 Å². The van der Waals surface area contributed by atoms with E-state index >= 15 is 0 Å². The third-order valence-electron chi connectivity index (χ3n) is 5.84. The van der Waals surface area contributed by atoms with Crippen molar-refractivity contribution >= 4 is 29.3 Å². The number of ether oxygens (including phenoxy) is 1. The minimum atomic E-state index is -4.95. The van der Waals surface area contributed by atoms with Crippen LogP contribution >= 0.6 is 0 Å². The molecule has 1 aliphatic rings. The third-order valence-corrected chi connectivity index (χ3v) is 5.84. The maximum Gasteiger partial charge on any atom is 0.423 e. The van der Waals surface area contributed by atoms with Gasteiger partial charge < -0.3 is 10.1 Å². The van der Waals surface area contributed by atoms with E-state index < -0.39 is 34.2 Å². The minimum Gasteiger partial charge on any atom is -0.466 e. The molecule has 0 aromatic heterocycles. The summed E-state index contributed by atoms with van der Waals surface area (Å²) in [5.74, 6) is -1.05. The van der Waals surface area contributed by atoms with E-state index in [0.717, 1.165) is 11.6 Å². The number of hydrogen-bond acceptors (Lipinski definition) is 8. The molecular formula is C25H24F3N5O5. The molecule has 2 aromatic carbocycles. The number of benzene rings is 2. The van der Waals surface area contributed by atoms with Crippen molar-refractivity contribution in [2.75, 3.05) is 51.7 Å². The molecule has 0 bridgehead atoms. The van der Waals surface area contributed by atoms with Crippen LogP contribution < -0.4 is 5.32 Å². The Morgan fingerprint density at radius 1 is 1.11 bits per heavy atom. The molecule has 0 aliphatic carbocycles. The fourth-order valence-corrected chi connectivity index (χ4v) is 3.91. The van der Waals surface area contributed by atoms with Gasteiger partial charge >= 0.3 is 12.1 Å². The van der Waals surface area contributed by atoms with Gasteiger partial charge in [-0.2, -0.15) is 18.4 Å². The molecule has 1 aliphatic heterocycles. The fraction of sp³-hybridized carbons (Fsp3) is 0.320. The van der Waals surface area contributed by atoms with Gasteiger partial charge in [-0.3, -0.25) is 24.7 Å². The molecule has 1 N–H and O–H groups in total. The van der Waals surface area contributed by atoms with Crippen LogP contribution in [-0.4, -0.2) is 73.0 Å². The van der Waals surface area contributed by atoms with Crippen LogP contribution in [0.2, 0.25) is 0 Å². The SMILES string of the molecule is COC(=O)/C(=C/c1ccc(C#N)cc1)CN1CCN(CC(=O)Nc2ccc([N+](=O)[O-])c(C(F)(F)F)c2)CC1. The number of piperazine rings is 1. The van der Waals surface area contributed by atoms with Gasteiger partial charge in [0.1, 0.15) is 5.56 Å². The molecule has 1 saturated heterocycles. The van der Waals surface area contributed by atoms with Gasteiger partial charge in [-0.1, -0.05) is 12.1 Å². The molecule has 2 aromatic rings. The van der Waals surface area contributed by atoms with E-state index in [1.165, 1.54) is 7.11 Å². The molecule has 13 heteroatoms. The summed E-state index contributed by atoms with van der Waals surface area (Å²) in [6.07, 6.45) is -3.26. The Hall–Kier alpha value is -4.28. The Morgan fingerprint density at radius 3 is 2.24 bits per heavy atom. The Balaban J connectivity index is 1.57. The van der Waals surface area contributed by atoms with E-state index in [0.29, 0.717) is 56.0 Å². The summed E-state index contributed by atoms with van der Waals surface area (Å²) in [5.41, 5.74) is -1.07. The molecule has 0 saturated carbocycles. The molecule has 0 atom stereocenters. The molecule has 1 fully saturated rings. The van der Waals surface area contributed by atoms with Crippen molar-refractivity contribution in [3.8, 4) is 6.07 Å². The van der Waals surface area contributed by atoms with Crippen LogP contribution in [0.5, 0.6) is 0 Å². The molecule has 0 radical (unpaired) electrons. The van der Waals surface area contributed by atoms with E-state index in [1.54, 1.807) is 30.3 Å². The highest BCUT2D eigenvalue weighted by atomic mass is 19.4. The number of alkyl halides is 3. The minimum absolute atomic E-state index is 0.0862. The Kier molecular flexibility index (Phi) is 9.16. The van der Waals surface area contributed by atoms with Crippen molar-refractivity contribution in [1.29, 1.82) is 5.26 Å². The molecule has 1 heterocycles. The first-order chi connectivity index (χ1) is 18.0. The Labute approximate surface area is 216 Å². The highest BCUT2D eigenvalue weighted by molar-refractivity contribution is 5.94. The van der Waals surface area contributed by atoms with E-state index in [-0.39, 0.29) is 12.2 Å². The molecule has 0 spiro atoms. The molecule has 0 unspecified atom stereocenters. The van der Waals surface area contributed by atoms with Crippen LogP contribution in [0, 0.1) is 21.4 Å². The third kappa shape index (κ3) is 7.61.